The number of hydrogen-bond acceptors (Lipinski definition) is 18. The summed E-state index contributed by atoms with van der Waals surface area (Å²) in [6, 6.07) is 19.5. The fraction of sp³-hybridized carbons (Fsp3) is 0.0556. The summed E-state index contributed by atoms with van der Waals surface area (Å²) < 4.78 is 113. The highest BCUT2D eigenvalue weighted by Gasteiger charge is 2.28. The molecule has 21 nitrogen and oxygen atoms in total. The van der Waals surface area contributed by atoms with Gasteiger partial charge in [-0.3, -0.25) is 13.7 Å². The number of nitrogens with zero attached hydrogens (tertiary/aromatic N) is 6. The smallest absolute Gasteiger partial charge is 0.296 e. The Balaban J connectivity index is 1.40. The van der Waals surface area contributed by atoms with Crippen molar-refractivity contribution in [3.05, 3.63) is 91.0 Å². The van der Waals surface area contributed by atoms with Crippen molar-refractivity contribution < 1.29 is 58.6 Å². The minimum absolute atomic E-state index is 0.0268. The standard InChI is InChI=1S/C36H30N8O13S3/c1-56-28-13-18(3-10-26(28)41-40-25-12-7-22(45)17-24(25)37)19-4-11-27(29(14-19)57-2)42-43-34-30(59(50,51)52)15-20-16-31(60(53,54)55)35(36(46)32(20)33(34)38)44-39-21-5-8-23(9-6-21)58(47,48)49/h3-17,45-46H,37-38H2,1-2H3,(H,47,48,49)(H,50,51,52)(H,53,54,55). The molecule has 9 N–H and O–H groups in total. The van der Waals surface area contributed by atoms with Crippen LogP contribution in [0.3, 0.4) is 0 Å². The van der Waals surface area contributed by atoms with Gasteiger partial charge in [0.05, 0.1) is 41.6 Å². The second-order valence-corrected chi connectivity index (χ2v) is 16.5. The first-order chi connectivity index (χ1) is 28.2. The average molecular weight is 879 g/mol. The predicted octanol–water partition coefficient (Wildman–Crippen LogP) is 8.09. The maximum Gasteiger partial charge on any atom is 0.296 e. The first-order valence-corrected chi connectivity index (χ1v) is 20.9. The zero-order valence-electron chi connectivity index (χ0n) is 30.7. The van der Waals surface area contributed by atoms with Crippen molar-refractivity contribution >= 4 is 86.6 Å². The van der Waals surface area contributed by atoms with E-state index < -0.39 is 78.6 Å². The van der Waals surface area contributed by atoms with Crippen molar-refractivity contribution in [3.63, 3.8) is 0 Å². The Morgan fingerprint density at radius 2 is 1.02 bits per heavy atom. The number of benzene rings is 6. The molecule has 0 spiro atoms. The van der Waals surface area contributed by atoms with E-state index in [1.54, 1.807) is 30.3 Å². The number of aromatic hydroxyl groups is 2. The zero-order valence-corrected chi connectivity index (χ0v) is 33.2. The lowest BCUT2D eigenvalue weighted by atomic mass is 10.0. The topological polar surface area (TPSA) is 348 Å². The molecule has 0 aliphatic carbocycles. The summed E-state index contributed by atoms with van der Waals surface area (Å²) in [5, 5.41) is 44.0. The van der Waals surface area contributed by atoms with Gasteiger partial charge in [-0.2, -0.15) is 30.4 Å². The van der Waals surface area contributed by atoms with Gasteiger partial charge in [0, 0.05) is 6.07 Å². The number of fused-ring (bicyclic) bond motifs is 1. The Kier molecular flexibility index (Phi) is 11.5. The van der Waals surface area contributed by atoms with E-state index in [0.717, 1.165) is 30.3 Å². The van der Waals surface area contributed by atoms with Gasteiger partial charge in [-0.25, -0.2) is 0 Å². The minimum atomic E-state index is -5.21. The van der Waals surface area contributed by atoms with E-state index in [0.29, 0.717) is 34.3 Å². The summed E-state index contributed by atoms with van der Waals surface area (Å²) in [7, 11) is -12.2. The van der Waals surface area contributed by atoms with Gasteiger partial charge in [-0.1, -0.05) is 12.1 Å². The Labute approximate surface area is 340 Å². The highest BCUT2D eigenvalue weighted by atomic mass is 32.2. The Morgan fingerprint density at radius 3 is 1.52 bits per heavy atom. The van der Waals surface area contributed by atoms with E-state index in [4.69, 9.17) is 20.9 Å². The fourth-order valence-electron chi connectivity index (χ4n) is 5.62. The number of phenols is 2. The maximum absolute atomic E-state index is 12.6. The molecule has 0 fully saturated rings. The van der Waals surface area contributed by atoms with Crippen molar-refractivity contribution in [2.45, 2.75) is 14.7 Å². The van der Waals surface area contributed by atoms with Gasteiger partial charge in [0.2, 0.25) is 0 Å². The molecule has 6 rings (SSSR count). The van der Waals surface area contributed by atoms with E-state index in [1.165, 1.54) is 38.5 Å². The van der Waals surface area contributed by atoms with Crippen LogP contribution in [0.5, 0.6) is 23.0 Å². The summed E-state index contributed by atoms with van der Waals surface area (Å²) in [5.41, 5.74) is 12.1. The van der Waals surface area contributed by atoms with E-state index >= 15 is 0 Å². The van der Waals surface area contributed by atoms with E-state index in [-0.39, 0.29) is 28.6 Å². The SMILES string of the molecule is COc1cc(-c2ccc(N=Nc3c(S(=O)(=O)O)cc4cc(S(=O)(=O)O)c(N=Nc5ccc(S(=O)(=O)O)cc5)c(O)c4c3N)c(OC)c2)ccc1N=Nc1ccc(O)cc1N. The summed E-state index contributed by atoms with van der Waals surface area (Å²) >= 11 is 0. The fourth-order valence-corrected chi connectivity index (χ4v) is 7.43. The van der Waals surface area contributed by atoms with Crippen LogP contribution < -0.4 is 20.9 Å². The van der Waals surface area contributed by atoms with Crippen LogP contribution in [0.4, 0.5) is 45.5 Å². The maximum atomic E-state index is 12.6. The lowest BCUT2D eigenvalue weighted by Crippen LogP contribution is -2.03. The largest absolute Gasteiger partial charge is 0.508 e. The first-order valence-electron chi connectivity index (χ1n) is 16.5. The van der Waals surface area contributed by atoms with Crippen molar-refractivity contribution in [2.75, 3.05) is 25.7 Å². The number of nitrogen functional groups attached to an aromatic ring is 2. The Bertz CT molecular complexity index is 3140. The third-order valence-electron chi connectivity index (χ3n) is 8.50. The summed E-state index contributed by atoms with van der Waals surface area (Å²) in [5.74, 6) is -0.584. The highest BCUT2D eigenvalue weighted by molar-refractivity contribution is 7.86. The van der Waals surface area contributed by atoms with Gasteiger partial charge in [0.1, 0.15) is 55.5 Å². The van der Waals surface area contributed by atoms with Crippen LogP contribution in [0.25, 0.3) is 21.9 Å². The van der Waals surface area contributed by atoms with Crippen molar-refractivity contribution in [1.29, 1.82) is 0 Å². The Hall–Kier alpha value is -7.09. The van der Waals surface area contributed by atoms with Crippen LogP contribution in [-0.4, -0.2) is 63.3 Å². The van der Waals surface area contributed by atoms with Crippen molar-refractivity contribution in [2.24, 2.45) is 30.7 Å². The van der Waals surface area contributed by atoms with E-state index in [1.807, 2.05) is 0 Å². The summed E-state index contributed by atoms with van der Waals surface area (Å²) in [6.07, 6.45) is 0. The molecular weight excluding hydrogens is 849 g/mol. The molecular formula is C36H30N8O13S3. The average Bonchev–Trinajstić information content (AvgIpc) is 3.18. The van der Waals surface area contributed by atoms with Crippen LogP contribution in [-0.2, 0) is 30.4 Å². The summed E-state index contributed by atoms with van der Waals surface area (Å²) in [6.45, 7) is 0. The molecule has 0 radical (unpaired) electrons. The van der Waals surface area contributed by atoms with E-state index in [9.17, 15) is 49.1 Å². The molecule has 6 aromatic carbocycles. The monoisotopic (exact) mass is 878 g/mol. The second-order valence-electron chi connectivity index (χ2n) is 12.3. The van der Waals surface area contributed by atoms with Gasteiger partial charge in [0.25, 0.3) is 30.4 Å². The Morgan fingerprint density at radius 1 is 0.533 bits per heavy atom. The molecule has 24 heteroatoms. The molecule has 0 aliphatic rings. The number of nitrogens with two attached hydrogens (primary N) is 2. The molecule has 0 aromatic heterocycles. The highest BCUT2D eigenvalue weighted by Crippen LogP contribution is 2.49. The van der Waals surface area contributed by atoms with Crippen molar-refractivity contribution in [3.8, 4) is 34.1 Å². The molecule has 0 saturated heterocycles. The number of anilines is 2. The number of hydrogen-bond donors (Lipinski definition) is 7. The lowest BCUT2D eigenvalue weighted by Gasteiger charge is -2.14. The minimum Gasteiger partial charge on any atom is -0.508 e. The number of ether oxygens (including phenoxy) is 2. The van der Waals surface area contributed by atoms with Crippen LogP contribution >= 0.6 is 0 Å². The molecule has 0 heterocycles. The van der Waals surface area contributed by atoms with Crippen LogP contribution in [0.15, 0.2) is 136 Å². The van der Waals surface area contributed by atoms with Gasteiger partial charge in [-0.05, 0) is 89.3 Å². The van der Waals surface area contributed by atoms with Gasteiger partial charge in [-0.15, -0.1) is 25.6 Å². The molecule has 0 atom stereocenters. The summed E-state index contributed by atoms with van der Waals surface area (Å²) in [4.78, 5) is -2.50. The lowest BCUT2D eigenvalue weighted by molar-refractivity contribution is 0.415. The molecule has 6 aromatic rings. The number of rotatable bonds is 12. The normalized spacial score (nSPS) is 12.6. The molecule has 0 amide bonds. The van der Waals surface area contributed by atoms with Crippen LogP contribution in [0, 0.1) is 0 Å². The third kappa shape index (κ3) is 8.97. The van der Waals surface area contributed by atoms with Gasteiger partial charge < -0.3 is 31.2 Å². The molecule has 310 valence electrons. The second kappa shape index (κ2) is 16.3. The van der Waals surface area contributed by atoms with Gasteiger partial charge >= 0.3 is 0 Å². The molecule has 0 aliphatic heterocycles. The molecule has 0 bridgehead atoms. The van der Waals surface area contributed by atoms with Gasteiger partial charge in [0.15, 0.2) is 5.75 Å². The number of methoxy groups -OCH3 is 2. The van der Waals surface area contributed by atoms with Crippen molar-refractivity contribution in [1.82, 2.24) is 0 Å². The molecule has 60 heavy (non-hydrogen) atoms. The number of azo groups is 3. The molecule has 0 saturated carbocycles. The number of phenolic OH excluding ortho intramolecular Hbond substituents is 2. The van der Waals surface area contributed by atoms with Crippen LogP contribution in [0.1, 0.15) is 0 Å². The van der Waals surface area contributed by atoms with E-state index in [2.05, 4.69) is 30.7 Å². The van der Waals surface area contributed by atoms with Crippen LogP contribution in [0.2, 0.25) is 0 Å². The third-order valence-corrected chi connectivity index (χ3v) is 11.1. The quantitative estimate of drug-likeness (QED) is 0.0347. The molecule has 0 unspecified atom stereocenters. The first kappa shape index (κ1) is 42.5. The predicted molar refractivity (Wildman–Crippen MR) is 216 cm³/mol. The zero-order chi connectivity index (χ0) is 43.7.